The molecule has 28 heavy (non-hydrogen) atoms. The van der Waals surface area contributed by atoms with Crippen LogP contribution in [-0.4, -0.2) is 29.3 Å². The number of nitrogens with two attached hydrogens (primary N) is 1. The zero-order chi connectivity index (χ0) is 20.7. The van der Waals surface area contributed by atoms with Crippen molar-refractivity contribution in [3.05, 3.63) is 63.1 Å². The van der Waals surface area contributed by atoms with E-state index in [4.69, 9.17) is 28.9 Å². The van der Waals surface area contributed by atoms with E-state index in [0.29, 0.717) is 0 Å². The van der Waals surface area contributed by atoms with Crippen LogP contribution in [0.2, 0.25) is 10.0 Å². The van der Waals surface area contributed by atoms with Crippen LogP contribution in [0.5, 0.6) is 0 Å². The summed E-state index contributed by atoms with van der Waals surface area (Å²) in [6.45, 7) is 0.0236. The number of aromatic nitrogens is 1. The predicted octanol–water partition coefficient (Wildman–Crippen LogP) is 4.15. The van der Waals surface area contributed by atoms with Gasteiger partial charge in [0.2, 0.25) is 0 Å². The second-order valence-electron chi connectivity index (χ2n) is 6.41. The maximum Gasteiger partial charge on any atom is 0.310 e. The minimum Gasteiger partial charge on any atom is -0.459 e. The molecule has 1 aliphatic rings. The Bertz CT molecular complexity index is 985. The second kappa shape index (κ2) is 7.25. The molecule has 10 heteroatoms. The quantitative estimate of drug-likeness (QED) is 0.737. The number of ketones is 1. The van der Waals surface area contributed by atoms with E-state index in [1.165, 1.54) is 18.3 Å². The van der Waals surface area contributed by atoms with E-state index in [1.54, 1.807) is 0 Å². The zero-order valence-corrected chi connectivity index (χ0v) is 16.0. The number of benzene rings is 1. The molecule has 148 valence electrons. The maximum atomic E-state index is 14.5. The molecule has 1 aliphatic heterocycles. The standard InChI is InChI=1S/C18H14Cl2F3N3O2/c1-17(18(22,23)8-28-16(24)26-17)11-4-9(2-3-13(11)21)5-14(27)15-12(20)6-10(19)7-25-15/h2-4,6-7H,5,8H2,1H3,(H2,24,26)/t17-/m1/s1. The molecule has 0 saturated heterocycles. The molecule has 2 aromatic rings. The molecule has 0 unspecified atom stereocenters. The average molecular weight is 432 g/mol. The molecule has 0 fully saturated rings. The van der Waals surface area contributed by atoms with Crippen LogP contribution in [0.3, 0.4) is 0 Å². The molecule has 1 aromatic carbocycles. The molecule has 0 saturated carbocycles. The van der Waals surface area contributed by atoms with E-state index in [2.05, 4.69) is 14.7 Å². The van der Waals surface area contributed by atoms with Crippen LogP contribution in [-0.2, 0) is 16.7 Å². The molecular formula is C18H14Cl2F3N3O2. The molecule has 3 rings (SSSR count). The van der Waals surface area contributed by atoms with Crippen LogP contribution in [0.1, 0.15) is 28.5 Å². The molecule has 0 aliphatic carbocycles. The Morgan fingerprint density at radius 3 is 2.71 bits per heavy atom. The van der Waals surface area contributed by atoms with Gasteiger partial charge in [-0.25, -0.2) is 14.4 Å². The number of halogens is 5. The molecule has 2 heterocycles. The summed E-state index contributed by atoms with van der Waals surface area (Å²) in [6.07, 6.45) is 1.02. The van der Waals surface area contributed by atoms with Gasteiger partial charge >= 0.3 is 5.92 Å². The van der Waals surface area contributed by atoms with Crippen molar-refractivity contribution in [3.63, 3.8) is 0 Å². The minimum atomic E-state index is -3.51. The van der Waals surface area contributed by atoms with Crippen LogP contribution in [0.4, 0.5) is 13.2 Å². The summed E-state index contributed by atoms with van der Waals surface area (Å²) < 4.78 is 48.0. The molecule has 0 radical (unpaired) electrons. The fourth-order valence-electron chi connectivity index (χ4n) is 2.84. The number of amidine groups is 1. The van der Waals surface area contributed by atoms with Crippen molar-refractivity contribution >= 4 is 35.0 Å². The lowest BCUT2D eigenvalue weighted by molar-refractivity contribution is -0.117. The van der Waals surface area contributed by atoms with Crippen molar-refractivity contribution in [2.24, 2.45) is 10.7 Å². The number of carbonyl (C=O) groups excluding carboxylic acids is 1. The first-order valence-electron chi connectivity index (χ1n) is 8.02. The molecule has 5 nitrogen and oxygen atoms in total. The number of carbonyl (C=O) groups is 1. The number of Topliss-reactive ketones (excluding diaryl/α,β-unsaturated/α-hetero) is 1. The van der Waals surface area contributed by atoms with Crippen LogP contribution in [0.25, 0.3) is 0 Å². The van der Waals surface area contributed by atoms with Crippen molar-refractivity contribution in [1.82, 2.24) is 4.98 Å². The van der Waals surface area contributed by atoms with Gasteiger partial charge in [0.1, 0.15) is 11.5 Å². The zero-order valence-electron chi connectivity index (χ0n) is 14.5. The Labute approximate surface area is 168 Å². The van der Waals surface area contributed by atoms with Gasteiger partial charge in [-0.2, -0.15) is 8.78 Å². The molecule has 0 spiro atoms. The van der Waals surface area contributed by atoms with Gasteiger partial charge in [-0.15, -0.1) is 0 Å². The Kier molecular flexibility index (Phi) is 5.29. The highest BCUT2D eigenvalue weighted by Crippen LogP contribution is 2.44. The summed E-state index contributed by atoms with van der Waals surface area (Å²) in [5.41, 5.74) is 3.00. The number of nitrogens with zero attached hydrogens (tertiary/aromatic N) is 2. The predicted molar refractivity (Wildman–Crippen MR) is 98.6 cm³/mol. The van der Waals surface area contributed by atoms with E-state index < -0.39 is 41.3 Å². The highest BCUT2D eigenvalue weighted by Gasteiger charge is 2.56. The summed E-state index contributed by atoms with van der Waals surface area (Å²) in [4.78, 5) is 20.0. The van der Waals surface area contributed by atoms with Crippen LogP contribution >= 0.6 is 23.2 Å². The van der Waals surface area contributed by atoms with Crippen LogP contribution in [0, 0.1) is 5.82 Å². The van der Waals surface area contributed by atoms with Crippen molar-refractivity contribution in [2.45, 2.75) is 24.8 Å². The third-order valence-corrected chi connectivity index (χ3v) is 4.93. The third-order valence-electron chi connectivity index (χ3n) is 4.44. The molecular weight excluding hydrogens is 418 g/mol. The van der Waals surface area contributed by atoms with Crippen molar-refractivity contribution < 1.29 is 22.7 Å². The first-order chi connectivity index (χ1) is 13.0. The Morgan fingerprint density at radius 2 is 2.04 bits per heavy atom. The molecule has 0 amide bonds. The summed E-state index contributed by atoms with van der Waals surface area (Å²) in [6, 6.07) is 4.37. The van der Waals surface area contributed by atoms with Gasteiger partial charge in [0, 0.05) is 18.2 Å². The number of pyridine rings is 1. The van der Waals surface area contributed by atoms with Gasteiger partial charge in [-0.1, -0.05) is 29.3 Å². The fraction of sp³-hybridized carbons (Fsp3) is 0.278. The number of hydrogen-bond donors (Lipinski definition) is 1. The highest BCUT2D eigenvalue weighted by molar-refractivity contribution is 6.36. The number of hydrogen-bond acceptors (Lipinski definition) is 5. The Balaban J connectivity index is 1.98. The smallest absolute Gasteiger partial charge is 0.310 e. The molecule has 2 N–H and O–H groups in total. The van der Waals surface area contributed by atoms with E-state index in [1.807, 2.05) is 0 Å². The number of ether oxygens (including phenoxy) is 1. The minimum absolute atomic E-state index is 0.0261. The fourth-order valence-corrected chi connectivity index (χ4v) is 3.33. The summed E-state index contributed by atoms with van der Waals surface area (Å²) in [5.74, 6) is -4.90. The largest absolute Gasteiger partial charge is 0.459 e. The van der Waals surface area contributed by atoms with Gasteiger partial charge in [-0.3, -0.25) is 4.79 Å². The maximum absolute atomic E-state index is 14.5. The van der Waals surface area contributed by atoms with Gasteiger partial charge < -0.3 is 10.5 Å². The monoisotopic (exact) mass is 431 g/mol. The highest BCUT2D eigenvalue weighted by atomic mass is 35.5. The molecule has 0 bridgehead atoms. The Hall–Kier alpha value is -2.32. The van der Waals surface area contributed by atoms with E-state index in [-0.39, 0.29) is 27.7 Å². The summed E-state index contributed by atoms with van der Waals surface area (Å²) in [5, 5.41) is 0.316. The topological polar surface area (TPSA) is 77.6 Å². The average Bonchev–Trinajstić information content (AvgIpc) is 2.60. The number of alkyl halides is 2. The summed E-state index contributed by atoms with van der Waals surface area (Å²) >= 11 is 11.7. The first-order valence-corrected chi connectivity index (χ1v) is 8.78. The lowest BCUT2D eigenvalue weighted by atomic mass is 9.84. The van der Waals surface area contributed by atoms with Gasteiger partial charge in [-0.05, 0) is 30.7 Å². The van der Waals surface area contributed by atoms with Gasteiger partial charge in [0.05, 0.1) is 10.0 Å². The third kappa shape index (κ3) is 3.66. The first kappa shape index (κ1) is 20.4. The van der Waals surface area contributed by atoms with Crippen LogP contribution < -0.4 is 5.73 Å². The van der Waals surface area contributed by atoms with Gasteiger partial charge in [0.25, 0.3) is 6.02 Å². The lowest BCUT2D eigenvalue weighted by Gasteiger charge is -2.37. The molecule has 1 atom stereocenters. The van der Waals surface area contributed by atoms with E-state index >= 15 is 0 Å². The van der Waals surface area contributed by atoms with E-state index in [9.17, 15) is 18.0 Å². The Morgan fingerprint density at radius 1 is 1.32 bits per heavy atom. The van der Waals surface area contributed by atoms with Crippen LogP contribution in [0.15, 0.2) is 35.5 Å². The summed E-state index contributed by atoms with van der Waals surface area (Å²) in [7, 11) is 0. The van der Waals surface area contributed by atoms with Gasteiger partial charge in [0.15, 0.2) is 17.9 Å². The van der Waals surface area contributed by atoms with E-state index in [0.717, 1.165) is 19.1 Å². The number of aliphatic imine (C=N–C) groups is 1. The van der Waals surface area contributed by atoms with Crippen molar-refractivity contribution in [3.8, 4) is 0 Å². The SMILES string of the molecule is C[C@]1(c2cc(CC(=O)c3ncc(Cl)cc3Cl)ccc2F)N=C(N)OCC1(F)F. The van der Waals surface area contributed by atoms with Crippen molar-refractivity contribution in [1.29, 1.82) is 0 Å². The lowest BCUT2D eigenvalue weighted by Crippen LogP contribution is -2.51. The number of rotatable bonds is 4. The normalized spacial score (nSPS) is 21.0. The second-order valence-corrected chi connectivity index (χ2v) is 7.26. The van der Waals surface area contributed by atoms with Crippen molar-refractivity contribution in [2.75, 3.05) is 6.61 Å². The molecule has 1 aromatic heterocycles.